The van der Waals surface area contributed by atoms with Gasteiger partial charge in [0.1, 0.15) is 0 Å². The average molecular weight is 1740 g/mol. The molecular weight excluding hydrogens is 1640 g/mol. The molecule has 0 unspecified atom stereocenters. The lowest BCUT2D eigenvalue weighted by Crippen LogP contribution is -2.30. The SMILES string of the molecule is Cc1ccc2c(N3c4ccccc4C(C)(C)c4ccccc43)c3ccccc3c(-c3ccc4c(c3)C(C)(C)c3ccccc3-4)c2c1.Cc1ccc2c(N3c4ccccc4Oc4ccccc43)c3ccccc3c(-c3ccc4c(c3)C(C)(C)c3ccccc3-4)c2c1.Cc1ccc2c(N3c4ccccc4Sc4ccccc43)c3ccccc3c(-c3ccc4c(c3)C(C)(C)c3ccccc3-4)c2c1. The number of nitrogens with zero attached hydrogens (tertiary/aromatic N) is 3. The smallest absolute Gasteiger partial charge is 0.151 e. The summed E-state index contributed by atoms with van der Waals surface area (Å²) in [5.74, 6) is 1.72. The van der Waals surface area contributed by atoms with E-state index in [0.29, 0.717) is 0 Å². The van der Waals surface area contributed by atoms with E-state index in [4.69, 9.17) is 4.74 Å². The van der Waals surface area contributed by atoms with Gasteiger partial charge in [0.2, 0.25) is 0 Å². The molecule has 4 nitrogen and oxygen atoms in total. The summed E-state index contributed by atoms with van der Waals surface area (Å²) in [7, 11) is 0. The molecule has 0 aromatic heterocycles. The molecule has 27 rings (SSSR count). The summed E-state index contributed by atoms with van der Waals surface area (Å²) < 4.78 is 6.41. The molecule has 0 spiro atoms. The largest absolute Gasteiger partial charge is 0.453 e. The van der Waals surface area contributed by atoms with Crippen molar-refractivity contribution in [2.45, 2.75) is 108 Å². The Kier molecular flexibility index (Phi) is 18.3. The van der Waals surface area contributed by atoms with Crippen molar-refractivity contribution in [3.05, 3.63) is 462 Å². The highest BCUT2D eigenvalue weighted by atomic mass is 32.2. The summed E-state index contributed by atoms with van der Waals surface area (Å²) in [5, 5.41) is 15.2. The number of hydrogen-bond donors (Lipinski definition) is 0. The second-order valence-corrected chi connectivity index (χ2v) is 40.6. The van der Waals surface area contributed by atoms with Gasteiger partial charge in [0, 0.05) is 63.8 Å². The van der Waals surface area contributed by atoms with E-state index in [1.807, 2.05) is 23.9 Å². The average Bonchev–Trinajstić information content (AvgIpc) is 0.831. The molecule has 0 bridgehead atoms. The van der Waals surface area contributed by atoms with Gasteiger partial charge in [0.05, 0.1) is 51.2 Å². The van der Waals surface area contributed by atoms with E-state index in [-0.39, 0.29) is 21.7 Å². The van der Waals surface area contributed by atoms with E-state index < -0.39 is 0 Å². The monoisotopic (exact) mass is 1740 g/mol. The van der Waals surface area contributed by atoms with Crippen LogP contribution in [-0.4, -0.2) is 0 Å². The number of ether oxygens (including phenoxy) is 1. The van der Waals surface area contributed by atoms with Crippen molar-refractivity contribution < 1.29 is 4.74 Å². The van der Waals surface area contributed by atoms with E-state index in [9.17, 15) is 0 Å². The van der Waals surface area contributed by atoms with Gasteiger partial charge in [-0.3, -0.25) is 0 Å². The van der Waals surface area contributed by atoms with Gasteiger partial charge in [-0.25, -0.2) is 0 Å². The number of benzene rings is 21. The molecule has 3 aliphatic heterocycles. The van der Waals surface area contributed by atoms with Crippen LogP contribution < -0.4 is 19.4 Å². The number of anilines is 9. The maximum atomic E-state index is 6.41. The van der Waals surface area contributed by atoms with Gasteiger partial charge in [0.25, 0.3) is 0 Å². The quantitative estimate of drug-likeness (QED) is 0.154. The molecule has 0 saturated heterocycles. The second kappa shape index (κ2) is 30.4. The summed E-state index contributed by atoms with van der Waals surface area (Å²) in [6, 6.07) is 148. The number of rotatable bonds is 6. The molecular formula is C129H99N3OS. The molecule has 0 N–H and O–H groups in total. The number of hydrogen-bond acceptors (Lipinski definition) is 5. The van der Waals surface area contributed by atoms with Crippen LogP contribution >= 0.6 is 11.8 Å². The van der Waals surface area contributed by atoms with Crippen molar-refractivity contribution in [3.63, 3.8) is 0 Å². The first kappa shape index (κ1) is 80.8. The van der Waals surface area contributed by atoms with Crippen LogP contribution in [0.4, 0.5) is 51.2 Å². The molecule has 5 heteroatoms. The summed E-state index contributed by atoms with van der Waals surface area (Å²) >= 11 is 1.86. The van der Waals surface area contributed by atoms with Crippen molar-refractivity contribution in [2.75, 3.05) is 14.7 Å². The maximum Gasteiger partial charge on any atom is 0.151 e. The molecule has 642 valence electrons. The highest BCUT2D eigenvalue weighted by molar-refractivity contribution is 7.99. The van der Waals surface area contributed by atoms with Crippen LogP contribution in [0, 0.1) is 20.8 Å². The maximum absolute atomic E-state index is 6.41. The topological polar surface area (TPSA) is 19.0 Å². The molecule has 0 atom stereocenters. The minimum absolute atomic E-state index is 0.0533. The van der Waals surface area contributed by atoms with Gasteiger partial charge in [-0.15, -0.1) is 0 Å². The fourth-order valence-electron chi connectivity index (χ4n) is 23.8. The molecule has 134 heavy (non-hydrogen) atoms. The van der Waals surface area contributed by atoms with E-state index >= 15 is 0 Å². The van der Waals surface area contributed by atoms with Crippen LogP contribution in [0.1, 0.15) is 117 Å². The van der Waals surface area contributed by atoms with Crippen LogP contribution in [0.3, 0.4) is 0 Å². The van der Waals surface area contributed by atoms with Crippen LogP contribution in [0.15, 0.2) is 410 Å². The van der Waals surface area contributed by atoms with Gasteiger partial charge < -0.3 is 19.4 Å². The lowest BCUT2D eigenvalue weighted by molar-refractivity contribution is 0.477. The Balaban J connectivity index is 0.000000108. The van der Waals surface area contributed by atoms with E-state index in [1.165, 1.54) is 242 Å². The Labute approximate surface area is 788 Å². The van der Waals surface area contributed by atoms with Gasteiger partial charge in [0.15, 0.2) is 11.5 Å². The second-order valence-electron chi connectivity index (χ2n) is 39.5. The number of fused-ring (bicyclic) bond motifs is 21. The van der Waals surface area contributed by atoms with Gasteiger partial charge in [-0.2, -0.15) is 0 Å². The first-order valence-electron chi connectivity index (χ1n) is 47.2. The Bertz CT molecular complexity index is 8120. The molecule has 3 heterocycles. The zero-order chi connectivity index (χ0) is 90.5. The van der Waals surface area contributed by atoms with Crippen LogP contribution in [0.5, 0.6) is 11.5 Å². The lowest BCUT2D eigenvalue weighted by Gasteiger charge is -2.42. The number of para-hydroxylation sites is 8. The minimum atomic E-state index is -0.110. The Hall–Kier alpha value is -15.3. The molecule has 21 aromatic rings. The Morgan fingerprint density at radius 2 is 0.440 bits per heavy atom. The van der Waals surface area contributed by atoms with Crippen molar-refractivity contribution >= 4 is 128 Å². The summed E-state index contributed by atoms with van der Waals surface area (Å²) in [4.78, 5) is 10.0. The van der Waals surface area contributed by atoms with Gasteiger partial charge in [-0.1, -0.05) is 405 Å². The van der Waals surface area contributed by atoms with Crippen molar-refractivity contribution in [2.24, 2.45) is 0 Å². The third kappa shape index (κ3) is 12.1. The third-order valence-corrected chi connectivity index (χ3v) is 31.4. The predicted octanol–water partition coefficient (Wildman–Crippen LogP) is 36.4. The highest BCUT2D eigenvalue weighted by Gasteiger charge is 2.43. The third-order valence-electron chi connectivity index (χ3n) is 30.2. The standard InChI is InChI=1S/C45H37N.C42H31NO.C42H31NS/c1-28-22-24-34-35(26-28)42(29-23-25-31-30-14-8-9-17-36(30)44(2,3)39(31)27-29)32-15-6-7-16-33(32)43(34)46-40-20-12-10-18-37(40)45(4,5)38-19-11-13-21-41(38)46;2*1-26-20-22-32-33(24-26)40(27-21-23-29-28-12-6-7-15-34(28)42(2,3)35(29)25-27)30-13-4-5-14-31(30)41(32)43-36-16-8-10-18-38(36)44-39-19-11-9-17-37(39)43/h6-27H,1-5H3;2*4-25H,1-3H3. The molecule has 21 aromatic carbocycles. The first-order valence-corrected chi connectivity index (χ1v) is 48.0. The van der Waals surface area contributed by atoms with Gasteiger partial charge in [-0.05, 0) is 243 Å². The molecule has 0 saturated carbocycles. The highest BCUT2D eigenvalue weighted by Crippen LogP contribution is 2.63. The van der Waals surface area contributed by atoms with Crippen LogP contribution in [0.2, 0.25) is 0 Å². The molecule has 3 aliphatic carbocycles. The van der Waals surface area contributed by atoms with Gasteiger partial charge >= 0.3 is 0 Å². The minimum Gasteiger partial charge on any atom is -0.453 e. The molecule has 0 radical (unpaired) electrons. The Morgan fingerprint density at radius 3 is 0.791 bits per heavy atom. The zero-order valence-corrected chi connectivity index (χ0v) is 78.1. The van der Waals surface area contributed by atoms with E-state index in [0.717, 1.165) is 22.9 Å². The fourth-order valence-corrected chi connectivity index (χ4v) is 24.9. The van der Waals surface area contributed by atoms with Crippen molar-refractivity contribution in [1.82, 2.24) is 0 Å². The van der Waals surface area contributed by atoms with Crippen molar-refractivity contribution in [3.8, 4) is 78.3 Å². The fraction of sp³-hybridized carbons (Fsp3) is 0.116. The van der Waals surface area contributed by atoms with E-state index in [2.05, 4.69) is 479 Å². The lowest BCUT2D eigenvalue weighted by atomic mass is 9.73. The Morgan fingerprint density at radius 1 is 0.194 bits per heavy atom. The van der Waals surface area contributed by atoms with E-state index in [1.54, 1.807) is 0 Å². The summed E-state index contributed by atoms with van der Waals surface area (Å²) in [5.41, 5.74) is 41.2. The summed E-state index contributed by atoms with van der Waals surface area (Å²) in [6.07, 6.45) is 0. The molecule has 0 fully saturated rings. The molecule has 0 amide bonds. The summed E-state index contributed by atoms with van der Waals surface area (Å²) in [6.45, 7) is 25.5. The van der Waals surface area contributed by atoms with Crippen LogP contribution in [0.25, 0.3) is 131 Å². The zero-order valence-electron chi connectivity index (χ0n) is 77.3. The molecule has 6 aliphatic rings. The van der Waals surface area contributed by atoms with Crippen molar-refractivity contribution in [1.29, 1.82) is 0 Å². The normalized spacial score (nSPS) is 14.6. The number of aryl methyl sites for hydroxylation is 3. The predicted molar refractivity (Wildman–Crippen MR) is 568 cm³/mol. The van der Waals surface area contributed by atoms with Crippen LogP contribution in [-0.2, 0) is 21.7 Å². The first-order chi connectivity index (χ1) is 65.3.